The van der Waals surface area contributed by atoms with E-state index in [4.69, 9.17) is 10.9 Å². The quantitative estimate of drug-likeness (QED) is 0.476. The van der Waals surface area contributed by atoms with Gasteiger partial charge in [-0.25, -0.2) is 13.2 Å². The average molecular weight is 222 g/mol. The fourth-order valence-corrected chi connectivity index (χ4v) is 2.62. The predicted octanol–water partition coefficient (Wildman–Crippen LogP) is -0.402. The lowest BCUT2D eigenvalue weighted by molar-refractivity contribution is 0.0698. The SMILES string of the molecule is NNS(=O)(=O)c1ccsc1C(=O)O. The van der Waals surface area contributed by atoms with E-state index in [0.29, 0.717) is 0 Å². The summed E-state index contributed by atoms with van der Waals surface area (Å²) in [5.74, 6) is 3.45. The number of carbonyl (C=O) groups is 1. The molecule has 0 spiro atoms. The first-order valence-corrected chi connectivity index (χ1v) is 5.38. The molecule has 6 nitrogen and oxygen atoms in total. The molecule has 72 valence electrons. The lowest BCUT2D eigenvalue weighted by atomic mass is 10.5. The third-order valence-corrected chi connectivity index (χ3v) is 3.53. The standard InChI is InChI=1S/C5H6N2O4S2/c6-7-13(10,11)3-1-2-12-4(3)5(8)9/h1-2,7H,6H2,(H,8,9). The second kappa shape index (κ2) is 3.42. The summed E-state index contributed by atoms with van der Waals surface area (Å²) in [4.78, 5) is 11.5. The molecule has 0 fully saturated rings. The highest BCUT2D eigenvalue weighted by atomic mass is 32.2. The highest BCUT2D eigenvalue weighted by Gasteiger charge is 2.22. The Hall–Kier alpha value is -0.960. The molecule has 0 amide bonds. The molecule has 0 aliphatic rings. The summed E-state index contributed by atoms with van der Waals surface area (Å²) in [7, 11) is -3.87. The van der Waals surface area contributed by atoms with E-state index in [0.717, 1.165) is 11.3 Å². The molecule has 1 aromatic heterocycles. The van der Waals surface area contributed by atoms with Crippen LogP contribution in [0.3, 0.4) is 0 Å². The molecule has 4 N–H and O–H groups in total. The zero-order valence-electron chi connectivity index (χ0n) is 6.22. The first-order valence-electron chi connectivity index (χ1n) is 3.02. The van der Waals surface area contributed by atoms with Crippen LogP contribution in [0, 0.1) is 0 Å². The first-order chi connectivity index (χ1) is 5.99. The van der Waals surface area contributed by atoms with Crippen molar-refractivity contribution in [1.82, 2.24) is 4.83 Å². The lowest BCUT2D eigenvalue weighted by Gasteiger charge is -1.99. The number of rotatable bonds is 3. The number of hydrazine groups is 1. The van der Waals surface area contributed by atoms with Crippen LogP contribution in [-0.4, -0.2) is 19.5 Å². The van der Waals surface area contributed by atoms with Gasteiger partial charge in [-0.1, -0.05) is 0 Å². The van der Waals surface area contributed by atoms with Crippen molar-refractivity contribution in [2.24, 2.45) is 5.84 Å². The van der Waals surface area contributed by atoms with Crippen LogP contribution < -0.4 is 10.7 Å². The first kappa shape index (κ1) is 10.1. The number of carboxylic acids is 1. The molecular weight excluding hydrogens is 216 g/mol. The monoisotopic (exact) mass is 222 g/mol. The molecule has 0 aliphatic heterocycles. The van der Waals surface area contributed by atoms with Crippen LogP contribution in [0.25, 0.3) is 0 Å². The minimum Gasteiger partial charge on any atom is -0.477 e. The molecule has 1 heterocycles. The molecule has 0 radical (unpaired) electrons. The fourth-order valence-electron chi connectivity index (χ4n) is 0.729. The largest absolute Gasteiger partial charge is 0.477 e. The summed E-state index contributed by atoms with van der Waals surface area (Å²) in [5, 5.41) is 9.96. The number of aromatic carboxylic acids is 1. The van der Waals surface area contributed by atoms with Crippen LogP contribution in [0.5, 0.6) is 0 Å². The number of nitrogens with one attached hydrogen (secondary N) is 1. The number of thiophene rings is 1. The zero-order chi connectivity index (χ0) is 10.1. The van der Waals surface area contributed by atoms with Gasteiger partial charge in [0.15, 0.2) is 0 Å². The molecule has 0 saturated heterocycles. The Morgan fingerprint density at radius 2 is 2.23 bits per heavy atom. The molecule has 13 heavy (non-hydrogen) atoms. The van der Waals surface area contributed by atoms with Gasteiger partial charge in [0.1, 0.15) is 9.77 Å². The Kier molecular flexibility index (Phi) is 2.66. The summed E-state index contributed by atoms with van der Waals surface area (Å²) in [6.07, 6.45) is 0. The Balaban J connectivity index is 3.31. The number of nitrogens with two attached hydrogens (primary N) is 1. The summed E-state index contributed by atoms with van der Waals surface area (Å²) >= 11 is 0.826. The Bertz CT molecular complexity index is 421. The van der Waals surface area contributed by atoms with Gasteiger partial charge in [0.2, 0.25) is 0 Å². The van der Waals surface area contributed by atoms with E-state index in [1.165, 1.54) is 11.4 Å². The molecule has 0 bridgehead atoms. The fraction of sp³-hybridized carbons (Fsp3) is 0. The van der Waals surface area contributed by atoms with Gasteiger partial charge in [0, 0.05) is 0 Å². The normalized spacial score (nSPS) is 11.5. The van der Waals surface area contributed by atoms with E-state index in [-0.39, 0.29) is 9.77 Å². The Morgan fingerprint density at radius 3 is 2.69 bits per heavy atom. The van der Waals surface area contributed by atoms with Gasteiger partial charge in [-0.05, 0) is 11.4 Å². The van der Waals surface area contributed by atoms with Crippen LogP contribution in [0.1, 0.15) is 9.67 Å². The van der Waals surface area contributed by atoms with E-state index >= 15 is 0 Å². The molecule has 0 unspecified atom stereocenters. The predicted molar refractivity (Wildman–Crippen MR) is 45.8 cm³/mol. The molecule has 0 atom stereocenters. The highest BCUT2D eigenvalue weighted by Crippen LogP contribution is 2.20. The second-order valence-electron chi connectivity index (χ2n) is 2.04. The average Bonchev–Trinajstić information content (AvgIpc) is 2.52. The summed E-state index contributed by atoms with van der Waals surface area (Å²) in [6, 6.07) is 1.18. The van der Waals surface area contributed by atoms with E-state index in [9.17, 15) is 13.2 Å². The van der Waals surface area contributed by atoms with Crippen LogP contribution in [0.2, 0.25) is 0 Å². The van der Waals surface area contributed by atoms with Crippen molar-refractivity contribution in [2.75, 3.05) is 0 Å². The molecular formula is C5H6N2O4S2. The zero-order valence-corrected chi connectivity index (χ0v) is 7.85. The van der Waals surface area contributed by atoms with Crippen LogP contribution in [0.15, 0.2) is 16.3 Å². The van der Waals surface area contributed by atoms with Crippen LogP contribution in [-0.2, 0) is 10.0 Å². The van der Waals surface area contributed by atoms with Gasteiger partial charge < -0.3 is 5.11 Å². The Labute approximate surface area is 78.0 Å². The topological polar surface area (TPSA) is 109 Å². The maximum absolute atomic E-state index is 11.1. The van der Waals surface area contributed by atoms with E-state index < -0.39 is 16.0 Å². The maximum atomic E-state index is 11.1. The second-order valence-corrected chi connectivity index (χ2v) is 4.64. The summed E-state index contributed by atoms with van der Waals surface area (Å²) in [6.45, 7) is 0. The van der Waals surface area contributed by atoms with Crippen molar-refractivity contribution < 1.29 is 18.3 Å². The van der Waals surface area contributed by atoms with Gasteiger partial charge in [0.25, 0.3) is 10.0 Å². The molecule has 1 rings (SSSR count). The molecule has 1 aromatic rings. The smallest absolute Gasteiger partial charge is 0.347 e. The molecule has 0 saturated carbocycles. The summed E-state index contributed by atoms with van der Waals surface area (Å²) in [5.41, 5.74) is 0. The van der Waals surface area contributed by atoms with Gasteiger partial charge >= 0.3 is 5.97 Å². The van der Waals surface area contributed by atoms with Crippen LogP contribution in [0.4, 0.5) is 0 Å². The van der Waals surface area contributed by atoms with Crippen molar-refractivity contribution in [3.8, 4) is 0 Å². The van der Waals surface area contributed by atoms with Gasteiger partial charge in [-0.15, -0.1) is 11.3 Å². The Morgan fingerprint density at radius 1 is 1.62 bits per heavy atom. The van der Waals surface area contributed by atoms with Crippen molar-refractivity contribution in [3.05, 3.63) is 16.3 Å². The minimum atomic E-state index is -3.87. The van der Waals surface area contributed by atoms with Gasteiger partial charge in [0.05, 0.1) is 0 Å². The number of hydrogen-bond donors (Lipinski definition) is 3. The number of sulfonamides is 1. The highest BCUT2D eigenvalue weighted by molar-refractivity contribution is 7.89. The molecule has 8 heteroatoms. The number of carboxylic acid groups (broad SMARTS) is 1. The van der Waals surface area contributed by atoms with Crippen LogP contribution >= 0.6 is 11.3 Å². The summed E-state index contributed by atoms with van der Waals surface area (Å²) < 4.78 is 22.2. The number of hydrogen-bond acceptors (Lipinski definition) is 5. The van der Waals surface area contributed by atoms with Crippen molar-refractivity contribution >= 4 is 27.3 Å². The molecule has 0 aliphatic carbocycles. The third kappa shape index (κ3) is 1.86. The molecule has 0 aromatic carbocycles. The van der Waals surface area contributed by atoms with E-state index in [1.807, 2.05) is 0 Å². The van der Waals surface area contributed by atoms with Crippen molar-refractivity contribution in [1.29, 1.82) is 0 Å². The van der Waals surface area contributed by atoms with E-state index in [1.54, 1.807) is 4.83 Å². The van der Waals surface area contributed by atoms with Gasteiger partial charge in [-0.3, -0.25) is 5.84 Å². The van der Waals surface area contributed by atoms with Crippen molar-refractivity contribution in [2.45, 2.75) is 4.90 Å². The maximum Gasteiger partial charge on any atom is 0.347 e. The van der Waals surface area contributed by atoms with Gasteiger partial charge in [-0.2, -0.15) is 4.83 Å². The lowest BCUT2D eigenvalue weighted by Crippen LogP contribution is -2.30. The van der Waals surface area contributed by atoms with Crippen molar-refractivity contribution in [3.63, 3.8) is 0 Å². The van der Waals surface area contributed by atoms with E-state index in [2.05, 4.69) is 0 Å². The third-order valence-electron chi connectivity index (χ3n) is 1.27. The minimum absolute atomic E-state index is 0.252.